The molecule has 0 saturated carbocycles. The van der Waals surface area contributed by atoms with Crippen molar-refractivity contribution >= 4 is 35.5 Å². The molecule has 0 heterocycles. The van der Waals surface area contributed by atoms with Crippen molar-refractivity contribution in [3.05, 3.63) is 52.5 Å². The first-order chi connectivity index (χ1) is 13.5. The SMILES string of the molecule is CCCOC(=O)c1cc(NC(=O)COc2ccc(C=O)cc2OC)ccc1Cl. The number of amides is 1. The number of ether oxygens (including phenoxy) is 3. The molecule has 0 atom stereocenters. The highest BCUT2D eigenvalue weighted by atomic mass is 35.5. The van der Waals surface area contributed by atoms with Gasteiger partial charge >= 0.3 is 5.97 Å². The summed E-state index contributed by atoms with van der Waals surface area (Å²) < 4.78 is 15.7. The van der Waals surface area contributed by atoms with Gasteiger partial charge in [-0.05, 0) is 42.8 Å². The van der Waals surface area contributed by atoms with Gasteiger partial charge in [-0.3, -0.25) is 9.59 Å². The molecule has 2 aromatic rings. The Labute approximate surface area is 167 Å². The first kappa shape index (κ1) is 21.2. The molecule has 2 rings (SSSR count). The quantitative estimate of drug-likeness (QED) is 0.504. The normalized spacial score (nSPS) is 10.1. The summed E-state index contributed by atoms with van der Waals surface area (Å²) in [5.74, 6) is -0.344. The number of aldehydes is 1. The summed E-state index contributed by atoms with van der Waals surface area (Å²) in [6, 6.07) is 9.11. The lowest BCUT2D eigenvalue weighted by Crippen LogP contribution is -2.20. The van der Waals surface area contributed by atoms with Crippen molar-refractivity contribution < 1.29 is 28.6 Å². The van der Waals surface area contributed by atoms with Crippen LogP contribution in [0.25, 0.3) is 0 Å². The van der Waals surface area contributed by atoms with Gasteiger partial charge in [-0.25, -0.2) is 4.79 Å². The second-order valence-electron chi connectivity index (χ2n) is 5.70. The fraction of sp³-hybridized carbons (Fsp3) is 0.250. The lowest BCUT2D eigenvalue weighted by atomic mass is 10.2. The highest BCUT2D eigenvalue weighted by molar-refractivity contribution is 6.33. The highest BCUT2D eigenvalue weighted by Crippen LogP contribution is 2.27. The van der Waals surface area contributed by atoms with Gasteiger partial charge in [0.1, 0.15) is 6.29 Å². The van der Waals surface area contributed by atoms with E-state index >= 15 is 0 Å². The van der Waals surface area contributed by atoms with Crippen molar-refractivity contribution in [2.24, 2.45) is 0 Å². The molecule has 0 unspecified atom stereocenters. The minimum absolute atomic E-state index is 0.167. The Hall–Kier alpha value is -3.06. The lowest BCUT2D eigenvalue weighted by Gasteiger charge is -2.12. The van der Waals surface area contributed by atoms with Gasteiger partial charge in [-0.2, -0.15) is 0 Å². The van der Waals surface area contributed by atoms with Crippen molar-refractivity contribution in [2.45, 2.75) is 13.3 Å². The van der Waals surface area contributed by atoms with Crippen LogP contribution in [0.3, 0.4) is 0 Å². The molecule has 0 fully saturated rings. The first-order valence-electron chi connectivity index (χ1n) is 8.51. The zero-order valence-corrected chi connectivity index (χ0v) is 16.2. The van der Waals surface area contributed by atoms with Crippen LogP contribution in [0.15, 0.2) is 36.4 Å². The number of esters is 1. The van der Waals surface area contributed by atoms with Crippen molar-refractivity contribution in [3.8, 4) is 11.5 Å². The Kier molecular flexibility index (Phi) is 7.83. The van der Waals surface area contributed by atoms with Gasteiger partial charge in [0.05, 0.1) is 24.3 Å². The first-order valence-corrected chi connectivity index (χ1v) is 8.88. The molecule has 28 heavy (non-hydrogen) atoms. The van der Waals surface area contributed by atoms with Crippen LogP contribution < -0.4 is 14.8 Å². The van der Waals surface area contributed by atoms with Crippen molar-refractivity contribution in [1.29, 1.82) is 0 Å². The molecule has 1 N–H and O–H groups in total. The standard InChI is InChI=1S/C20H20ClNO6/c1-3-8-27-20(25)15-10-14(5-6-16(15)21)22-19(24)12-28-17-7-4-13(11-23)9-18(17)26-2/h4-7,9-11H,3,8,12H2,1-2H3,(H,22,24). The molecule has 0 aromatic heterocycles. The maximum Gasteiger partial charge on any atom is 0.339 e. The monoisotopic (exact) mass is 405 g/mol. The molecule has 0 aliphatic heterocycles. The van der Waals surface area contributed by atoms with Crippen LogP contribution in [-0.4, -0.2) is 38.5 Å². The van der Waals surface area contributed by atoms with E-state index in [4.69, 9.17) is 25.8 Å². The second-order valence-corrected chi connectivity index (χ2v) is 6.10. The second kappa shape index (κ2) is 10.3. The molecule has 0 aliphatic rings. The van der Waals surface area contributed by atoms with Crippen LogP contribution in [-0.2, 0) is 9.53 Å². The van der Waals surface area contributed by atoms with Crippen molar-refractivity contribution in [3.63, 3.8) is 0 Å². The third kappa shape index (κ3) is 5.72. The lowest BCUT2D eigenvalue weighted by molar-refractivity contribution is -0.118. The molecule has 2 aromatic carbocycles. The molecular formula is C20H20ClNO6. The summed E-state index contributed by atoms with van der Waals surface area (Å²) in [6.45, 7) is 1.87. The summed E-state index contributed by atoms with van der Waals surface area (Å²) in [6.07, 6.45) is 1.37. The summed E-state index contributed by atoms with van der Waals surface area (Å²) in [4.78, 5) is 35.0. The minimum Gasteiger partial charge on any atom is -0.493 e. The smallest absolute Gasteiger partial charge is 0.339 e. The molecule has 1 amide bonds. The Balaban J connectivity index is 2.01. The molecule has 0 saturated heterocycles. The average Bonchev–Trinajstić information content (AvgIpc) is 2.71. The average molecular weight is 406 g/mol. The van der Waals surface area contributed by atoms with Crippen LogP contribution in [0.2, 0.25) is 5.02 Å². The molecule has 0 radical (unpaired) electrons. The fourth-order valence-electron chi connectivity index (χ4n) is 2.25. The molecule has 0 aliphatic carbocycles. The number of halogens is 1. The Morgan fingerprint density at radius 2 is 1.93 bits per heavy atom. The highest BCUT2D eigenvalue weighted by Gasteiger charge is 2.14. The third-order valence-electron chi connectivity index (χ3n) is 3.59. The van der Waals surface area contributed by atoms with Crippen molar-refractivity contribution in [2.75, 3.05) is 25.6 Å². The van der Waals surface area contributed by atoms with Gasteiger partial charge in [-0.1, -0.05) is 18.5 Å². The molecular weight excluding hydrogens is 386 g/mol. The van der Waals surface area contributed by atoms with Gasteiger partial charge in [-0.15, -0.1) is 0 Å². The van der Waals surface area contributed by atoms with Gasteiger partial charge in [0.15, 0.2) is 18.1 Å². The number of benzene rings is 2. The van der Waals surface area contributed by atoms with Gasteiger partial charge in [0, 0.05) is 11.3 Å². The van der Waals surface area contributed by atoms with Crippen LogP contribution in [0, 0.1) is 0 Å². The maximum absolute atomic E-state index is 12.2. The molecule has 0 spiro atoms. The van der Waals surface area contributed by atoms with Crippen LogP contribution in [0.1, 0.15) is 34.1 Å². The largest absolute Gasteiger partial charge is 0.493 e. The topological polar surface area (TPSA) is 90.9 Å². The summed E-state index contributed by atoms with van der Waals surface area (Å²) in [7, 11) is 1.43. The number of anilines is 1. The maximum atomic E-state index is 12.2. The van der Waals surface area contributed by atoms with Gasteiger partial charge in [0.25, 0.3) is 5.91 Å². The summed E-state index contributed by atoms with van der Waals surface area (Å²) >= 11 is 6.03. The number of hydrogen-bond donors (Lipinski definition) is 1. The zero-order chi connectivity index (χ0) is 20.5. The predicted octanol–water partition coefficient (Wildman–Crippen LogP) is 3.75. The van der Waals surface area contributed by atoms with E-state index < -0.39 is 11.9 Å². The van der Waals surface area contributed by atoms with Crippen molar-refractivity contribution in [1.82, 2.24) is 0 Å². The van der Waals surface area contributed by atoms with E-state index in [9.17, 15) is 14.4 Å². The molecule has 148 valence electrons. The Morgan fingerprint density at radius 3 is 2.61 bits per heavy atom. The van der Waals surface area contributed by atoms with E-state index in [1.165, 1.54) is 25.3 Å². The fourth-order valence-corrected chi connectivity index (χ4v) is 2.44. The van der Waals surface area contributed by atoms with E-state index in [-0.39, 0.29) is 23.8 Å². The molecule has 8 heteroatoms. The molecule has 7 nitrogen and oxygen atoms in total. The number of carbonyl (C=O) groups is 3. The minimum atomic E-state index is -0.556. The van der Waals surface area contributed by atoms with E-state index in [0.717, 1.165) is 0 Å². The Morgan fingerprint density at radius 1 is 1.14 bits per heavy atom. The Bertz CT molecular complexity index is 868. The summed E-state index contributed by atoms with van der Waals surface area (Å²) in [5, 5.41) is 2.86. The van der Waals surface area contributed by atoms with E-state index in [0.29, 0.717) is 35.5 Å². The number of hydrogen-bond acceptors (Lipinski definition) is 6. The van der Waals surface area contributed by atoms with E-state index in [1.54, 1.807) is 18.2 Å². The van der Waals surface area contributed by atoms with Crippen LogP contribution >= 0.6 is 11.6 Å². The summed E-state index contributed by atoms with van der Waals surface area (Å²) in [5.41, 5.74) is 0.974. The third-order valence-corrected chi connectivity index (χ3v) is 3.92. The number of rotatable bonds is 9. The van der Waals surface area contributed by atoms with Crippen LogP contribution in [0.4, 0.5) is 5.69 Å². The van der Waals surface area contributed by atoms with Gasteiger partial charge in [0.2, 0.25) is 0 Å². The zero-order valence-electron chi connectivity index (χ0n) is 15.5. The number of nitrogens with one attached hydrogen (secondary N) is 1. The van der Waals surface area contributed by atoms with Gasteiger partial charge < -0.3 is 19.5 Å². The van der Waals surface area contributed by atoms with E-state index in [1.807, 2.05) is 6.92 Å². The van der Waals surface area contributed by atoms with E-state index in [2.05, 4.69) is 5.32 Å². The number of carbonyl (C=O) groups excluding carboxylic acids is 3. The van der Waals surface area contributed by atoms with Crippen LogP contribution in [0.5, 0.6) is 11.5 Å². The number of methoxy groups -OCH3 is 1. The predicted molar refractivity (Wildman–Crippen MR) is 105 cm³/mol. The molecule has 0 bridgehead atoms.